The Hall–Kier alpha value is -0.295. The first kappa shape index (κ1) is 17.7. The van der Waals surface area contributed by atoms with Gasteiger partial charge in [-0.3, -0.25) is 0 Å². The zero-order valence-corrected chi connectivity index (χ0v) is 7.45. The van der Waals surface area contributed by atoms with E-state index in [9.17, 15) is 17.3 Å². The molecule has 0 saturated heterocycles. The van der Waals surface area contributed by atoms with E-state index in [0.717, 1.165) is 0 Å². The van der Waals surface area contributed by atoms with E-state index in [-0.39, 0.29) is 6.61 Å². The fraction of sp³-hybridized carbons (Fsp3) is 0.800. The van der Waals surface area contributed by atoms with Crippen LogP contribution in [0.4, 0.5) is 17.3 Å². The maximum Gasteiger partial charge on any atom is 0.673 e. The second-order valence-electron chi connectivity index (χ2n) is 2.22. The highest BCUT2D eigenvalue weighted by Gasteiger charge is 2.20. The Morgan fingerprint density at radius 2 is 1.17 bits per heavy atom. The fourth-order valence-electron chi connectivity index (χ4n) is 0. The molecule has 0 aromatic carbocycles. The number of halogens is 4. The molecule has 0 aliphatic carbocycles. The van der Waals surface area contributed by atoms with Crippen LogP contribution < -0.4 is 4.90 Å². The van der Waals surface area contributed by atoms with Gasteiger partial charge in [0.2, 0.25) is 0 Å². The van der Waals surface area contributed by atoms with Crippen LogP contribution in [-0.4, -0.2) is 40.1 Å². The molecule has 0 fully saturated rings. The largest absolute Gasteiger partial charge is 0.673 e. The third-order valence-corrected chi connectivity index (χ3v) is 0. The lowest BCUT2D eigenvalue weighted by atomic mass is 10.3. The molecular formula is C5H15BF4NO. The molecule has 2 N–H and O–H groups in total. The number of quaternary nitrogens is 1. The minimum absolute atomic E-state index is 0. The quantitative estimate of drug-likeness (QED) is 0.405. The molecule has 0 atom stereocenters. The molecule has 0 aliphatic rings. The van der Waals surface area contributed by atoms with Crippen molar-refractivity contribution in [1.29, 1.82) is 0 Å². The van der Waals surface area contributed by atoms with Crippen LogP contribution in [0.2, 0.25) is 0 Å². The Labute approximate surface area is 70.3 Å². The first-order valence-corrected chi connectivity index (χ1v) is 3.19. The van der Waals surface area contributed by atoms with Crippen molar-refractivity contribution in [3.8, 4) is 0 Å². The van der Waals surface area contributed by atoms with E-state index < -0.39 is 7.25 Å². The minimum atomic E-state index is -6.00. The molecule has 0 amide bonds. The van der Waals surface area contributed by atoms with Gasteiger partial charge in [-0.25, -0.2) is 0 Å². The van der Waals surface area contributed by atoms with Crippen molar-refractivity contribution < 1.29 is 27.3 Å². The second-order valence-corrected chi connectivity index (χ2v) is 2.22. The Morgan fingerprint density at radius 1 is 1.17 bits per heavy atom. The van der Waals surface area contributed by atoms with Crippen molar-refractivity contribution in [2.24, 2.45) is 0 Å². The van der Waals surface area contributed by atoms with E-state index in [0.29, 0.717) is 0 Å². The lowest BCUT2D eigenvalue weighted by Crippen LogP contribution is -3.02. The highest BCUT2D eigenvalue weighted by Crippen LogP contribution is 2.06. The maximum atomic E-state index is 9.75. The van der Waals surface area contributed by atoms with Crippen LogP contribution >= 0.6 is 0 Å². The summed E-state index contributed by atoms with van der Waals surface area (Å²) in [5, 5.41) is 7.46. The Balaban J connectivity index is -0.000000105. The molecule has 0 aromatic heterocycles. The molecule has 1 radical (unpaired) electrons. The predicted molar refractivity (Wildman–Crippen MR) is 41.4 cm³/mol. The standard InChI is InChI=1S/C3H9N.C2H5O.BF4/c1-4(2)3;1-2-3;2-1(3,4)5/h1-3H3;3H,1-2H2;/q;;-1/p+1. The van der Waals surface area contributed by atoms with Crippen molar-refractivity contribution in [2.75, 3.05) is 27.7 Å². The van der Waals surface area contributed by atoms with Crippen molar-refractivity contribution in [3.63, 3.8) is 0 Å². The van der Waals surface area contributed by atoms with Gasteiger partial charge in [0.05, 0.1) is 21.1 Å². The summed E-state index contributed by atoms with van der Waals surface area (Å²) >= 11 is 0. The average molecular weight is 192 g/mol. The summed E-state index contributed by atoms with van der Waals surface area (Å²) in [6.45, 7) is 3.04. The van der Waals surface area contributed by atoms with Gasteiger partial charge in [-0.15, -0.1) is 0 Å². The van der Waals surface area contributed by atoms with Gasteiger partial charge in [-0.05, 0) is 6.92 Å². The lowest BCUT2D eigenvalue weighted by molar-refractivity contribution is -0.836. The van der Waals surface area contributed by atoms with E-state index in [1.54, 1.807) is 0 Å². The number of aliphatic hydroxyl groups is 1. The molecule has 0 saturated carbocycles. The molecule has 12 heavy (non-hydrogen) atoms. The number of nitrogens with one attached hydrogen (secondary N) is 1. The first-order valence-electron chi connectivity index (χ1n) is 3.19. The predicted octanol–water partition coefficient (Wildman–Crippen LogP) is -0.127. The van der Waals surface area contributed by atoms with Crippen molar-refractivity contribution in [1.82, 2.24) is 0 Å². The highest BCUT2D eigenvalue weighted by atomic mass is 19.5. The molecule has 0 unspecified atom stereocenters. The molecule has 0 aromatic rings. The van der Waals surface area contributed by atoms with Crippen LogP contribution in [0.25, 0.3) is 0 Å². The Bertz CT molecular complexity index is 69.6. The Kier molecular flexibility index (Phi) is 15.8. The van der Waals surface area contributed by atoms with Crippen LogP contribution in [0.3, 0.4) is 0 Å². The molecule has 7 heteroatoms. The van der Waals surface area contributed by atoms with Crippen molar-refractivity contribution in [3.05, 3.63) is 6.92 Å². The fourth-order valence-corrected chi connectivity index (χ4v) is 0. The number of hydrogen-bond acceptors (Lipinski definition) is 1. The Morgan fingerprint density at radius 3 is 1.17 bits per heavy atom. The van der Waals surface area contributed by atoms with Crippen molar-refractivity contribution in [2.45, 2.75) is 0 Å². The summed E-state index contributed by atoms with van der Waals surface area (Å²) in [5.74, 6) is 0. The molecule has 0 rings (SSSR count). The molecule has 0 spiro atoms. The summed E-state index contributed by atoms with van der Waals surface area (Å²) < 4.78 is 39.0. The van der Waals surface area contributed by atoms with Gasteiger partial charge in [0.1, 0.15) is 0 Å². The molecular weight excluding hydrogens is 177 g/mol. The van der Waals surface area contributed by atoms with Gasteiger partial charge in [0, 0.05) is 6.61 Å². The second kappa shape index (κ2) is 10.7. The summed E-state index contributed by atoms with van der Waals surface area (Å²) in [5.41, 5.74) is 0. The summed E-state index contributed by atoms with van der Waals surface area (Å²) in [6.07, 6.45) is 0. The smallest absolute Gasteiger partial charge is 0.418 e. The van der Waals surface area contributed by atoms with Gasteiger partial charge in [0.25, 0.3) is 0 Å². The van der Waals surface area contributed by atoms with E-state index in [2.05, 4.69) is 28.1 Å². The van der Waals surface area contributed by atoms with Crippen LogP contribution in [0, 0.1) is 6.92 Å². The number of hydrogen-bond donors (Lipinski definition) is 2. The zero-order valence-electron chi connectivity index (χ0n) is 7.45. The molecule has 77 valence electrons. The van der Waals surface area contributed by atoms with Crippen LogP contribution in [0.1, 0.15) is 0 Å². The monoisotopic (exact) mass is 192 g/mol. The topological polar surface area (TPSA) is 24.7 Å². The van der Waals surface area contributed by atoms with Gasteiger partial charge in [0.15, 0.2) is 0 Å². The van der Waals surface area contributed by atoms with Crippen LogP contribution in [0.15, 0.2) is 0 Å². The SMILES string of the molecule is C[NH+](C)C.F[B-](F)(F)F.[CH2]CO. The third-order valence-electron chi connectivity index (χ3n) is 0. The van der Waals surface area contributed by atoms with E-state index in [4.69, 9.17) is 5.11 Å². The summed E-state index contributed by atoms with van der Waals surface area (Å²) in [7, 11) is 0.250. The first-order chi connectivity index (χ1) is 5.15. The van der Waals surface area contributed by atoms with Crippen LogP contribution in [-0.2, 0) is 0 Å². The summed E-state index contributed by atoms with van der Waals surface area (Å²) in [4.78, 5) is 1.42. The number of rotatable bonds is 0. The minimum Gasteiger partial charge on any atom is -0.418 e. The van der Waals surface area contributed by atoms with E-state index >= 15 is 0 Å². The van der Waals surface area contributed by atoms with Gasteiger partial charge >= 0.3 is 7.25 Å². The molecule has 2 nitrogen and oxygen atoms in total. The maximum absolute atomic E-state index is 9.75. The molecule has 0 heterocycles. The van der Waals surface area contributed by atoms with Gasteiger partial charge < -0.3 is 27.3 Å². The van der Waals surface area contributed by atoms with Gasteiger partial charge in [-0.2, -0.15) is 0 Å². The normalized spacial score (nSPS) is 9.50. The zero-order chi connectivity index (χ0) is 10.8. The van der Waals surface area contributed by atoms with E-state index in [1.807, 2.05) is 0 Å². The molecule has 0 aliphatic heterocycles. The van der Waals surface area contributed by atoms with E-state index in [1.165, 1.54) is 4.90 Å². The average Bonchev–Trinajstić information content (AvgIpc) is 1.56. The van der Waals surface area contributed by atoms with Crippen LogP contribution in [0.5, 0.6) is 0 Å². The molecule has 0 bridgehead atoms. The number of aliphatic hydroxyl groups excluding tert-OH is 1. The third kappa shape index (κ3) is 8450. The van der Waals surface area contributed by atoms with Gasteiger partial charge in [-0.1, -0.05) is 0 Å². The lowest BCUT2D eigenvalue weighted by Gasteiger charge is -1.94. The highest BCUT2D eigenvalue weighted by molar-refractivity contribution is 6.50. The van der Waals surface area contributed by atoms with Crippen molar-refractivity contribution >= 4 is 7.25 Å². The summed E-state index contributed by atoms with van der Waals surface area (Å²) in [6, 6.07) is 0.